The summed E-state index contributed by atoms with van der Waals surface area (Å²) in [5.74, 6) is 0.591. The van der Waals surface area contributed by atoms with Crippen LogP contribution in [-0.4, -0.2) is 54.0 Å². The highest BCUT2D eigenvalue weighted by atomic mass is 35.5. The van der Waals surface area contributed by atoms with Crippen molar-refractivity contribution in [1.29, 1.82) is 0 Å². The minimum absolute atomic E-state index is 0.252. The Kier molecular flexibility index (Phi) is 6.13. The van der Waals surface area contributed by atoms with Gasteiger partial charge in [0.25, 0.3) is 0 Å². The second-order valence-corrected chi connectivity index (χ2v) is 6.71. The Balaban J connectivity index is 1.49. The summed E-state index contributed by atoms with van der Waals surface area (Å²) in [5, 5.41) is 5.92. The number of hydrogen-bond donors (Lipinski definition) is 2. The highest BCUT2D eigenvalue weighted by Gasteiger charge is 2.24. The SMILES string of the molecule is CC(NC(=O)N1CCN(c2ccccn2)CC1)C(=O)Nc1ccccc1Cl. The van der Waals surface area contributed by atoms with Gasteiger partial charge in [-0.15, -0.1) is 0 Å². The molecule has 7 nitrogen and oxygen atoms in total. The van der Waals surface area contributed by atoms with Crippen LogP contribution in [-0.2, 0) is 4.79 Å². The minimum atomic E-state index is -0.678. The molecule has 0 saturated carbocycles. The van der Waals surface area contributed by atoms with Crippen LogP contribution in [0.3, 0.4) is 0 Å². The highest BCUT2D eigenvalue weighted by Crippen LogP contribution is 2.20. The molecule has 0 radical (unpaired) electrons. The first-order valence-corrected chi connectivity index (χ1v) is 9.19. The fraction of sp³-hybridized carbons (Fsp3) is 0.316. The standard InChI is InChI=1S/C19H22ClN5O2/c1-14(18(26)23-16-7-3-2-6-15(16)20)22-19(27)25-12-10-24(11-13-25)17-8-4-5-9-21-17/h2-9,14H,10-13H2,1H3,(H,22,27)(H,23,26). The smallest absolute Gasteiger partial charge is 0.318 e. The Labute approximate surface area is 163 Å². The van der Waals surface area contributed by atoms with Crippen LogP contribution in [0.15, 0.2) is 48.7 Å². The first-order valence-electron chi connectivity index (χ1n) is 8.81. The molecule has 8 heteroatoms. The molecule has 1 aromatic carbocycles. The maximum absolute atomic E-state index is 12.5. The lowest BCUT2D eigenvalue weighted by molar-refractivity contribution is -0.117. The van der Waals surface area contributed by atoms with E-state index < -0.39 is 6.04 Å². The minimum Gasteiger partial charge on any atom is -0.353 e. The summed E-state index contributed by atoms with van der Waals surface area (Å²) in [4.78, 5) is 32.9. The fourth-order valence-corrected chi connectivity index (χ4v) is 3.01. The van der Waals surface area contributed by atoms with Crippen LogP contribution >= 0.6 is 11.6 Å². The molecule has 3 amide bonds. The number of aromatic nitrogens is 1. The Hall–Kier alpha value is -2.80. The van der Waals surface area contributed by atoms with Crippen LogP contribution in [0.5, 0.6) is 0 Å². The van der Waals surface area contributed by atoms with Gasteiger partial charge in [0, 0.05) is 32.4 Å². The Morgan fingerprint density at radius 3 is 2.44 bits per heavy atom. The summed E-state index contributed by atoms with van der Waals surface area (Å²) >= 11 is 6.04. The second-order valence-electron chi connectivity index (χ2n) is 6.30. The van der Waals surface area contributed by atoms with Crippen molar-refractivity contribution in [3.63, 3.8) is 0 Å². The van der Waals surface area contributed by atoms with Gasteiger partial charge < -0.3 is 20.4 Å². The van der Waals surface area contributed by atoms with E-state index in [1.165, 1.54) is 0 Å². The summed E-state index contributed by atoms with van der Waals surface area (Å²) < 4.78 is 0. The molecule has 1 atom stereocenters. The number of carbonyl (C=O) groups is 2. The number of halogens is 1. The Morgan fingerprint density at radius 2 is 1.78 bits per heavy atom. The summed E-state index contributed by atoms with van der Waals surface area (Å²) in [7, 11) is 0. The van der Waals surface area contributed by atoms with Gasteiger partial charge >= 0.3 is 6.03 Å². The van der Waals surface area contributed by atoms with E-state index in [0.717, 1.165) is 5.82 Å². The van der Waals surface area contributed by atoms with E-state index in [4.69, 9.17) is 11.6 Å². The van der Waals surface area contributed by atoms with E-state index in [2.05, 4.69) is 20.5 Å². The lowest BCUT2D eigenvalue weighted by atomic mass is 10.2. The molecule has 142 valence electrons. The molecule has 3 rings (SSSR count). The number of hydrogen-bond acceptors (Lipinski definition) is 4. The number of benzene rings is 1. The van der Waals surface area contributed by atoms with Crippen molar-refractivity contribution in [2.75, 3.05) is 36.4 Å². The Bertz CT molecular complexity index is 794. The summed E-state index contributed by atoms with van der Waals surface area (Å²) in [6.45, 7) is 4.19. The van der Waals surface area contributed by atoms with Gasteiger partial charge in [0.05, 0.1) is 10.7 Å². The lowest BCUT2D eigenvalue weighted by Crippen LogP contribution is -2.54. The molecule has 1 aromatic heterocycles. The maximum Gasteiger partial charge on any atom is 0.318 e. The van der Waals surface area contributed by atoms with Crippen LogP contribution in [0.4, 0.5) is 16.3 Å². The van der Waals surface area contributed by atoms with Crippen LogP contribution in [0.2, 0.25) is 5.02 Å². The normalized spacial score (nSPS) is 15.2. The summed E-state index contributed by atoms with van der Waals surface area (Å²) in [5.41, 5.74) is 0.522. The number of nitrogens with one attached hydrogen (secondary N) is 2. The van der Waals surface area contributed by atoms with Gasteiger partial charge in [-0.25, -0.2) is 9.78 Å². The van der Waals surface area contributed by atoms with Crippen molar-refractivity contribution in [2.45, 2.75) is 13.0 Å². The predicted molar refractivity (Wildman–Crippen MR) is 106 cm³/mol. The molecule has 1 aliphatic rings. The number of anilines is 2. The van der Waals surface area contributed by atoms with E-state index in [1.807, 2.05) is 18.2 Å². The molecule has 1 unspecified atom stereocenters. The van der Waals surface area contributed by atoms with Crippen molar-refractivity contribution >= 4 is 35.0 Å². The zero-order valence-electron chi connectivity index (χ0n) is 15.1. The average Bonchev–Trinajstić information content (AvgIpc) is 2.70. The molecular formula is C19H22ClN5O2. The van der Waals surface area contributed by atoms with E-state index in [-0.39, 0.29) is 11.9 Å². The number of piperazine rings is 1. The summed E-state index contributed by atoms with van der Waals surface area (Å²) in [6.07, 6.45) is 1.76. The number of carbonyl (C=O) groups excluding carboxylic acids is 2. The molecule has 1 aliphatic heterocycles. The molecular weight excluding hydrogens is 366 g/mol. The number of pyridine rings is 1. The molecule has 27 heavy (non-hydrogen) atoms. The van der Waals surface area contributed by atoms with E-state index >= 15 is 0 Å². The van der Waals surface area contributed by atoms with Gasteiger partial charge in [0.1, 0.15) is 11.9 Å². The monoisotopic (exact) mass is 387 g/mol. The average molecular weight is 388 g/mol. The second kappa shape index (κ2) is 8.73. The zero-order valence-corrected chi connectivity index (χ0v) is 15.8. The van der Waals surface area contributed by atoms with Gasteiger partial charge in [0.15, 0.2) is 0 Å². The number of nitrogens with zero attached hydrogens (tertiary/aromatic N) is 3. The number of amides is 3. The topological polar surface area (TPSA) is 77.6 Å². The molecule has 1 saturated heterocycles. The molecule has 0 aliphatic carbocycles. The maximum atomic E-state index is 12.5. The van der Waals surface area contributed by atoms with Crippen molar-refractivity contribution in [3.8, 4) is 0 Å². The Morgan fingerprint density at radius 1 is 1.07 bits per heavy atom. The van der Waals surface area contributed by atoms with Crippen LogP contribution in [0.1, 0.15) is 6.92 Å². The van der Waals surface area contributed by atoms with Gasteiger partial charge in [0.2, 0.25) is 5.91 Å². The molecule has 0 spiro atoms. The molecule has 0 bridgehead atoms. The van der Waals surface area contributed by atoms with Gasteiger partial charge in [-0.2, -0.15) is 0 Å². The first kappa shape index (κ1) is 19.0. The van der Waals surface area contributed by atoms with Gasteiger partial charge in [-0.05, 0) is 31.2 Å². The van der Waals surface area contributed by atoms with Gasteiger partial charge in [-0.1, -0.05) is 29.8 Å². The molecule has 1 fully saturated rings. The molecule has 2 N–H and O–H groups in total. The van der Waals surface area contributed by atoms with Crippen molar-refractivity contribution < 1.29 is 9.59 Å². The quantitative estimate of drug-likeness (QED) is 0.845. The largest absolute Gasteiger partial charge is 0.353 e. The van der Waals surface area contributed by atoms with Crippen molar-refractivity contribution in [3.05, 3.63) is 53.7 Å². The van der Waals surface area contributed by atoms with Gasteiger partial charge in [-0.3, -0.25) is 4.79 Å². The van der Waals surface area contributed by atoms with Crippen LogP contribution in [0.25, 0.3) is 0 Å². The zero-order chi connectivity index (χ0) is 19.2. The third-order valence-corrected chi connectivity index (χ3v) is 4.73. The van der Waals surface area contributed by atoms with E-state index in [9.17, 15) is 9.59 Å². The van der Waals surface area contributed by atoms with E-state index in [0.29, 0.717) is 36.9 Å². The van der Waals surface area contributed by atoms with Crippen molar-refractivity contribution in [1.82, 2.24) is 15.2 Å². The number of rotatable bonds is 4. The number of para-hydroxylation sites is 1. The number of urea groups is 1. The lowest BCUT2D eigenvalue weighted by Gasteiger charge is -2.35. The van der Waals surface area contributed by atoms with Crippen LogP contribution in [0, 0.1) is 0 Å². The predicted octanol–water partition coefficient (Wildman–Crippen LogP) is 2.59. The third-order valence-electron chi connectivity index (χ3n) is 4.41. The molecule has 2 heterocycles. The first-order chi connectivity index (χ1) is 13.0. The van der Waals surface area contributed by atoms with E-state index in [1.54, 1.807) is 42.3 Å². The van der Waals surface area contributed by atoms with Crippen LogP contribution < -0.4 is 15.5 Å². The summed E-state index contributed by atoms with van der Waals surface area (Å²) in [6, 6.07) is 11.8. The highest BCUT2D eigenvalue weighted by molar-refractivity contribution is 6.33. The fourth-order valence-electron chi connectivity index (χ4n) is 2.83. The third kappa shape index (κ3) is 4.89. The van der Waals surface area contributed by atoms with Crippen molar-refractivity contribution in [2.24, 2.45) is 0 Å². The molecule has 2 aromatic rings.